The van der Waals surface area contributed by atoms with Crippen molar-refractivity contribution in [1.82, 2.24) is 14.9 Å². The summed E-state index contributed by atoms with van der Waals surface area (Å²) in [6, 6.07) is 5.08. The highest BCUT2D eigenvalue weighted by Gasteiger charge is 2.11. The number of halogens is 2. The van der Waals surface area contributed by atoms with Gasteiger partial charge >= 0.3 is 0 Å². The van der Waals surface area contributed by atoms with Crippen LogP contribution < -0.4 is 5.32 Å². The lowest BCUT2D eigenvalue weighted by molar-refractivity contribution is 0.175. The van der Waals surface area contributed by atoms with Gasteiger partial charge in [-0.2, -0.15) is 0 Å². The van der Waals surface area contributed by atoms with Gasteiger partial charge in [-0.15, -0.1) is 0 Å². The number of aliphatic hydroxyl groups excluding tert-OH is 1. The Morgan fingerprint density at radius 1 is 1.40 bits per heavy atom. The Hall–Kier alpha value is -1.07. The van der Waals surface area contributed by atoms with Crippen LogP contribution in [0.25, 0.3) is 0 Å². The van der Waals surface area contributed by atoms with E-state index in [1.54, 1.807) is 24.4 Å². The molecule has 1 atom stereocenters. The third-order valence-corrected chi connectivity index (χ3v) is 3.68. The number of nitrogens with one attached hydrogen (secondary N) is 1. The first-order valence-electron chi connectivity index (χ1n) is 6.38. The number of nitrogens with zero attached hydrogens (tertiary/aromatic N) is 2. The maximum atomic E-state index is 10.1. The molecule has 0 aliphatic heterocycles. The van der Waals surface area contributed by atoms with E-state index in [9.17, 15) is 5.11 Å². The number of aromatic nitrogens is 2. The number of benzene rings is 1. The van der Waals surface area contributed by atoms with Crippen LogP contribution in [-0.2, 0) is 13.5 Å². The zero-order valence-corrected chi connectivity index (χ0v) is 12.7. The Bertz CT molecular complexity index is 571. The Morgan fingerprint density at radius 3 is 2.90 bits per heavy atom. The highest BCUT2D eigenvalue weighted by Crippen LogP contribution is 2.25. The molecule has 0 spiro atoms. The van der Waals surface area contributed by atoms with Crippen molar-refractivity contribution in [3.63, 3.8) is 0 Å². The molecular formula is C14H17Cl2N3O. The van der Waals surface area contributed by atoms with E-state index in [2.05, 4.69) is 10.3 Å². The predicted octanol–water partition coefficient (Wildman–Crippen LogP) is 2.59. The normalized spacial score (nSPS) is 12.6. The van der Waals surface area contributed by atoms with Crippen molar-refractivity contribution in [3.8, 4) is 0 Å². The fourth-order valence-corrected chi connectivity index (χ4v) is 2.38. The van der Waals surface area contributed by atoms with Crippen LogP contribution in [0, 0.1) is 0 Å². The van der Waals surface area contributed by atoms with Crippen LogP contribution in [-0.4, -0.2) is 27.7 Å². The Balaban J connectivity index is 1.82. The van der Waals surface area contributed by atoms with Gasteiger partial charge in [0.2, 0.25) is 0 Å². The van der Waals surface area contributed by atoms with Crippen LogP contribution >= 0.6 is 23.2 Å². The second-order valence-electron chi connectivity index (χ2n) is 4.59. The first kappa shape index (κ1) is 15.3. The van der Waals surface area contributed by atoms with Crippen LogP contribution in [0.3, 0.4) is 0 Å². The fraction of sp³-hybridized carbons (Fsp3) is 0.357. The summed E-state index contributed by atoms with van der Waals surface area (Å²) in [5.74, 6) is 1.01. The molecule has 0 bridgehead atoms. The molecule has 1 unspecified atom stereocenters. The zero-order chi connectivity index (χ0) is 14.5. The molecule has 1 heterocycles. The van der Waals surface area contributed by atoms with E-state index in [1.807, 2.05) is 17.8 Å². The van der Waals surface area contributed by atoms with Gasteiger partial charge in [0.25, 0.3) is 0 Å². The summed E-state index contributed by atoms with van der Waals surface area (Å²) in [5.41, 5.74) is 0.642. The van der Waals surface area contributed by atoms with E-state index in [4.69, 9.17) is 23.2 Å². The molecule has 108 valence electrons. The summed E-state index contributed by atoms with van der Waals surface area (Å²) in [4.78, 5) is 4.24. The highest BCUT2D eigenvalue weighted by molar-refractivity contribution is 6.33. The molecule has 0 radical (unpaired) electrons. The monoisotopic (exact) mass is 313 g/mol. The Kier molecular flexibility index (Phi) is 5.43. The molecule has 6 heteroatoms. The molecule has 2 N–H and O–H groups in total. The summed E-state index contributed by atoms with van der Waals surface area (Å²) in [6.45, 7) is 1.16. The predicted molar refractivity (Wildman–Crippen MR) is 81.2 cm³/mol. The SMILES string of the molecule is Cn1ccnc1CCNCC(O)c1cc(Cl)ccc1Cl. The van der Waals surface area contributed by atoms with Crippen LogP contribution in [0.5, 0.6) is 0 Å². The first-order chi connectivity index (χ1) is 9.58. The number of aryl methyl sites for hydroxylation is 1. The standard InChI is InChI=1S/C14H17Cl2N3O/c1-19-7-6-18-14(19)4-5-17-9-13(20)11-8-10(15)2-3-12(11)16/h2-3,6-8,13,17,20H,4-5,9H2,1H3. The van der Waals surface area contributed by atoms with Gasteiger partial charge in [0, 0.05) is 54.6 Å². The molecule has 0 aliphatic carbocycles. The number of imidazole rings is 1. The van der Waals surface area contributed by atoms with Crippen molar-refractivity contribution < 1.29 is 5.11 Å². The van der Waals surface area contributed by atoms with Crippen LogP contribution in [0.4, 0.5) is 0 Å². The van der Waals surface area contributed by atoms with Gasteiger partial charge in [-0.05, 0) is 18.2 Å². The molecule has 0 aliphatic rings. The first-order valence-corrected chi connectivity index (χ1v) is 7.13. The average molecular weight is 314 g/mol. The van der Waals surface area contributed by atoms with E-state index < -0.39 is 6.10 Å². The third kappa shape index (κ3) is 3.96. The number of hydrogen-bond donors (Lipinski definition) is 2. The lowest BCUT2D eigenvalue weighted by atomic mass is 10.1. The van der Waals surface area contributed by atoms with Gasteiger partial charge in [0.15, 0.2) is 0 Å². The molecule has 2 rings (SSSR count). The summed E-state index contributed by atoms with van der Waals surface area (Å²) >= 11 is 12.0. The van der Waals surface area contributed by atoms with E-state index in [0.717, 1.165) is 18.8 Å². The second kappa shape index (κ2) is 7.09. The fourth-order valence-electron chi connectivity index (χ4n) is 1.96. The zero-order valence-electron chi connectivity index (χ0n) is 11.2. The van der Waals surface area contributed by atoms with Crippen molar-refractivity contribution in [2.75, 3.05) is 13.1 Å². The van der Waals surface area contributed by atoms with Crippen molar-refractivity contribution in [2.45, 2.75) is 12.5 Å². The molecule has 4 nitrogen and oxygen atoms in total. The highest BCUT2D eigenvalue weighted by atomic mass is 35.5. The van der Waals surface area contributed by atoms with Crippen molar-refractivity contribution in [2.24, 2.45) is 7.05 Å². The van der Waals surface area contributed by atoms with Crippen molar-refractivity contribution >= 4 is 23.2 Å². The van der Waals surface area contributed by atoms with Crippen LogP contribution in [0.2, 0.25) is 10.0 Å². The minimum absolute atomic E-state index is 0.421. The van der Waals surface area contributed by atoms with Gasteiger partial charge in [-0.25, -0.2) is 4.98 Å². The minimum atomic E-state index is -0.678. The molecule has 20 heavy (non-hydrogen) atoms. The van der Waals surface area contributed by atoms with E-state index in [-0.39, 0.29) is 0 Å². The minimum Gasteiger partial charge on any atom is -0.387 e. The summed E-state index contributed by atoms with van der Waals surface area (Å²) < 4.78 is 1.98. The molecular weight excluding hydrogens is 297 g/mol. The van der Waals surface area contributed by atoms with Crippen molar-refractivity contribution in [3.05, 3.63) is 52.0 Å². The van der Waals surface area contributed by atoms with E-state index in [1.165, 1.54) is 0 Å². The number of hydrogen-bond acceptors (Lipinski definition) is 3. The molecule has 1 aromatic heterocycles. The van der Waals surface area contributed by atoms with Gasteiger partial charge < -0.3 is 15.0 Å². The van der Waals surface area contributed by atoms with Crippen LogP contribution in [0.15, 0.2) is 30.6 Å². The lowest BCUT2D eigenvalue weighted by Crippen LogP contribution is -2.24. The van der Waals surface area contributed by atoms with E-state index in [0.29, 0.717) is 22.2 Å². The molecule has 0 saturated heterocycles. The smallest absolute Gasteiger partial charge is 0.109 e. The quantitative estimate of drug-likeness (QED) is 0.806. The second-order valence-corrected chi connectivity index (χ2v) is 5.43. The van der Waals surface area contributed by atoms with Gasteiger partial charge in [-0.1, -0.05) is 23.2 Å². The topological polar surface area (TPSA) is 50.1 Å². The Morgan fingerprint density at radius 2 is 2.20 bits per heavy atom. The van der Waals surface area contributed by atoms with Gasteiger partial charge in [0.05, 0.1) is 6.10 Å². The van der Waals surface area contributed by atoms with Crippen LogP contribution in [0.1, 0.15) is 17.5 Å². The molecule has 1 aromatic carbocycles. The number of rotatable bonds is 6. The Labute approximate surface area is 128 Å². The van der Waals surface area contributed by atoms with Gasteiger partial charge in [0.1, 0.15) is 5.82 Å². The van der Waals surface area contributed by atoms with Crippen molar-refractivity contribution in [1.29, 1.82) is 0 Å². The summed E-state index contributed by atoms with van der Waals surface area (Å²) in [5, 5.41) is 14.4. The molecule has 0 saturated carbocycles. The largest absolute Gasteiger partial charge is 0.387 e. The third-order valence-electron chi connectivity index (χ3n) is 3.10. The summed E-state index contributed by atoms with van der Waals surface area (Å²) in [7, 11) is 1.96. The molecule has 2 aromatic rings. The average Bonchev–Trinajstić information content (AvgIpc) is 2.83. The maximum absolute atomic E-state index is 10.1. The maximum Gasteiger partial charge on any atom is 0.109 e. The molecule has 0 fully saturated rings. The molecule has 0 amide bonds. The lowest BCUT2D eigenvalue weighted by Gasteiger charge is -2.14. The van der Waals surface area contributed by atoms with E-state index >= 15 is 0 Å². The number of aliphatic hydroxyl groups is 1. The van der Waals surface area contributed by atoms with Gasteiger partial charge in [-0.3, -0.25) is 0 Å². The summed E-state index contributed by atoms with van der Waals surface area (Å²) in [6.07, 6.45) is 3.81.